The number of benzene rings is 1. The summed E-state index contributed by atoms with van der Waals surface area (Å²) in [4.78, 5) is 30.5. The van der Waals surface area contributed by atoms with Crippen LogP contribution in [0.2, 0.25) is 0 Å². The number of aromatic amines is 1. The molecule has 0 radical (unpaired) electrons. The molecular weight excluding hydrogens is 442 g/mol. The number of nitrogens with one attached hydrogen (secondary N) is 1. The van der Waals surface area contributed by atoms with Crippen molar-refractivity contribution in [3.63, 3.8) is 0 Å². The lowest BCUT2D eigenvalue weighted by Gasteiger charge is -2.45. The minimum atomic E-state index is -0.309. The van der Waals surface area contributed by atoms with E-state index in [1.165, 1.54) is 11.1 Å². The van der Waals surface area contributed by atoms with E-state index in [2.05, 4.69) is 32.1 Å². The molecule has 11 nitrogen and oxygen atoms in total. The summed E-state index contributed by atoms with van der Waals surface area (Å²) in [5.41, 5.74) is 2.63. The molecule has 0 amide bonds. The van der Waals surface area contributed by atoms with E-state index < -0.39 is 0 Å². The van der Waals surface area contributed by atoms with E-state index in [-0.39, 0.29) is 17.6 Å². The van der Waals surface area contributed by atoms with Gasteiger partial charge in [0.1, 0.15) is 11.2 Å². The summed E-state index contributed by atoms with van der Waals surface area (Å²) in [5.74, 6) is 2.16. The number of carbonyl (C=O) groups is 1. The minimum absolute atomic E-state index is 0.146. The number of ether oxygens (including phenoxy) is 3. The predicted molar refractivity (Wildman–Crippen MR) is 123 cm³/mol. The van der Waals surface area contributed by atoms with Crippen molar-refractivity contribution in [2.24, 2.45) is 7.05 Å². The second-order valence-corrected chi connectivity index (χ2v) is 8.36. The average Bonchev–Trinajstić information content (AvgIpc) is 3.21. The van der Waals surface area contributed by atoms with Crippen LogP contribution in [-0.2, 0) is 35.1 Å². The second kappa shape index (κ2) is 9.82. The van der Waals surface area contributed by atoms with Crippen molar-refractivity contribution >= 4 is 17.5 Å². The van der Waals surface area contributed by atoms with Crippen LogP contribution in [0, 0.1) is 0 Å². The first-order chi connectivity index (χ1) is 16.4. The van der Waals surface area contributed by atoms with Gasteiger partial charge in [-0.2, -0.15) is 5.10 Å². The Hall–Kier alpha value is -3.44. The fraction of sp³-hybridized carbons (Fsp3) is 0.478. The fourth-order valence-corrected chi connectivity index (χ4v) is 4.84. The highest BCUT2D eigenvalue weighted by atomic mass is 16.5. The highest BCUT2D eigenvalue weighted by Gasteiger charge is 2.41. The maximum absolute atomic E-state index is 12.3. The van der Waals surface area contributed by atoms with Crippen molar-refractivity contribution in [1.82, 2.24) is 24.6 Å². The molecule has 11 heteroatoms. The summed E-state index contributed by atoms with van der Waals surface area (Å²) in [5, 5.41) is 11.5. The van der Waals surface area contributed by atoms with Gasteiger partial charge in [-0.15, -0.1) is 0 Å². The van der Waals surface area contributed by atoms with Crippen LogP contribution in [0.15, 0.2) is 23.1 Å². The molecule has 1 fully saturated rings. The molecule has 2 N–H and O–H groups in total. The van der Waals surface area contributed by atoms with Gasteiger partial charge in [0.2, 0.25) is 0 Å². The lowest BCUT2D eigenvalue weighted by molar-refractivity contribution is -0.122. The Kier molecular flexibility index (Phi) is 6.85. The van der Waals surface area contributed by atoms with Crippen molar-refractivity contribution in [2.75, 3.05) is 33.9 Å². The number of hydrogen-bond acceptors (Lipinski definition) is 8. The quantitative estimate of drug-likeness (QED) is 0.543. The third kappa shape index (κ3) is 4.36. The second-order valence-electron chi connectivity index (χ2n) is 8.36. The van der Waals surface area contributed by atoms with E-state index in [0.717, 1.165) is 43.9 Å². The molecule has 1 aromatic carbocycles. The van der Waals surface area contributed by atoms with Crippen molar-refractivity contribution < 1.29 is 24.1 Å². The molecule has 0 aliphatic carbocycles. The van der Waals surface area contributed by atoms with Gasteiger partial charge in [0.15, 0.2) is 17.1 Å². The molecule has 0 saturated carbocycles. The summed E-state index contributed by atoms with van der Waals surface area (Å²) in [6.45, 7) is 2.74. The number of hydrogen-bond donors (Lipinski definition) is 2. The van der Waals surface area contributed by atoms with Gasteiger partial charge in [-0.25, -0.2) is 4.98 Å². The molecule has 0 atom stereocenters. The van der Waals surface area contributed by atoms with Gasteiger partial charge in [0.05, 0.1) is 39.2 Å². The lowest BCUT2D eigenvalue weighted by Crippen LogP contribution is -2.46. The molecule has 3 aromatic rings. The minimum Gasteiger partial charge on any atom is -0.493 e. The van der Waals surface area contributed by atoms with Crippen LogP contribution in [0.4, 0.5) is 0 Å². The SMILES string of the molecule is COc1cc2c(cc1OC)C1(CCN(Cc3nc4c(cnn4C)c(=O)[nH]3)CC1)OCC2.O=CO. The molecule has 182 valence electrons. The zero-order valence-corrected chi connectivity index (χ0v) is 19.5. The first kappa shape index (κ1) is 23.7. The Labute approximate surface area is 196 Å². The van der Waals surface area contributed by atoms with E-state index in [1.807, 2.05) is 0 Å². The number of nitrogens with zero attached hydrogens (tertiary/aromatic N) is 4. The van der Waals surface area contributed by atoms with Gasteiger partial charge in [0, 0.05) is 20.1 Å². The van der Waals surface area contributed by atoms with Crippen LogP contribution in [0.5, 0.6) is 11.5 Å². The molecule has 34 heavy (non-hydrogen) atoms. The number of aromatic nitrogens is 4. The third-order valence-electron chi connectivity index (χ3n) is 6.54. The number of rotatable bonds is 4. The summed E-state index contributed by atoms with van der Waals surface area (Å²) < 4.78 is 19.0. The van der Waals surface area contributed by atoms with Gasteiger partial charge < -0.3 is 24.3 Å². The number of aryl methyl sites for hydroxylation is 1. The smallest absolute Gasteiger partial charge is 0.290 e. The van der Waals surface area contributed by atoms with Crippen LogP contribution in [0.3, 0.4) is 0 Å². The highest BCUT2D eigenvalue weighted by molar-refractivity contribution is 5.72. The van der Waals surface area contributed by atoms with Crippen LogP contribution in [-0.4, -0.2) is 70.1 Å². The monoisotopic (exact) mass is 471 g/mol. The maximum atomic E-state index is 12.3. The molecule has 2 aliphatic rings. The number of methoxy groups -OCH3 is 2. The summed E-state index contributed by atoms with van der Waals surface area (Å²) >= 11 is 0. The number of likely N-dealkylation sites (tertiary alicyclic amines) is 1. The Morgan fingerprint density at radius 1 is 1.24 bits per heavy atom. The number of piperidine rings is 1. The first-order valence-corrected chi connectivity index (χ1v) is 11.0. The standard InChI is InChI=1S/C22H27N5O4.CH2O2/c1-26-20-15(12-23-26)21(28)25-19(24-20)13-27-7-5-22(6-8-27)16-11-18(30-3)17(29-2)10-14(16)4-9-31-22;2-1-3/h10-12H,4-9,13H2,1-3H3,(H,24,25,28);1H,(H,2,3). The Morgan fingerprint density at radius 2 is 1.91 bits per heavy atom. The van der Waals surface area contributed by atoms with E-state index in [4.69, 9.17) is 24.1 Å². The third-order valence-corrected chi connectivity index (χ3v) is 6.54. The summed E-state index contributed by atoms with van der Waals surface area (Å²) in [7, 11) is 5.12. The van der Waals surface area contributed by atoms with Crippen molar-refractivity contribution in [3.8, 4) is 11.5 Å². The topological polar surface area (TPSA) is 132 Å². The lowest BCUT2D eigenvalue weighted by atomic mass is 9.79. The molecular formula is C23H29N5O6. The normalized spacial score (nSPS) is 17.0. The molecule has 0 unspecified atom stereocenters. The molecule has 1 saturated heterocycles. The number of fused-ring (bicyclic) bond motifs is 3. The number of carboxylic acid groups (broad SMARTS) is 1. The van der Waals surface area contributed by atoms with Gasteiger partial charge >= 0.3 is 0 Å². The Bertz CT molecular complexity index is 1230. The van der Waals surface area contributed by atoms with Gasteiger partial charge in [-0.05, 0) is 42.5 Å². The maximum Gasteiger partial charge on any atom is 0.290 e. The molecule has 1 spiro atoms. The summed E-state index contributed by atoms with van der Waals surface area (Å²) in [6.07, 6.45) is 4.16. The van der Waals surface area contributed by atoms with Crippen molar-refractivity contribution in [2.45, 2.75) is 31.4 Å². The van der Waals surface area contributed by atoms with Crippen LogP contribution < -0.4 is 15.0 Å². The van der Waals surface area contributed by atoms with Gasteiger partial charge in [0.25, 0.3) is 12.0 Å². The molecule has 2 aromatic heterocycles. The van der Waals surface area contributed by atoms with E-state index in [1.54, 1.807) is 32.1 Å². The Balaban J connectivity index is 0.000000868. The zero-order chi connectivity index (χ0) is 24.3. The zero-order valence-electron chi connectivity index (χ0n) is 19.5. The summed E-state index contributed by atoms with van der Waals surface area (Å²) in [6, 6.07) is 4.17. The molecule has 5 rings (SSSR count). The largest absolute Gasteiger partial charge is 0.493 e. The molecule has 2 aliphatic heterocycles. The molecule has 4 heterocycles. The Morgan fingerprint density at radius 3 is 2.59 bits per heavy atom. The van der Waals surface area contributed by atoms with Crippen LogP contribution >= 0.6 is 0 Å². The molecule has 0 bridgehead atoms. The number of H-pyrrole nitrogens is 1. The predicted octanol–water partition coefficient (Wildman–Crippen LogP) is 1.44. The van der Waals surface area contributed by atoms with Gasteiger partial charge in [-0.1, -0.05) is 0 Å². The average molecular weight is 472 g/mol. The van der Waals surface area contributed by atoms with E-state index in [9.17, 15) is 4.79 Å². The van der Waals surface area contributed by atoms with Crippen molar-refractivity contribution in [1.29, 1.82) is 0 Å². The highest BCUT2D eigenvalue weighted by Crippen LogP contribution is 2.45. The van der Waals surface area contributed by atoms with Gasteiger partial charge in [-0.3, -0.25) is 19.2 Å². The fourth-order valence-electron chi connectivity index (χ4n) is 4.84. The van der Waals surface area contributed by atoms with Crippen LogP contribution in [0.25, 0.3) is 11.0 Å². The van der Waals surface area contributed by atoms with E-state index in [0.29, 0.717) is 30.0 Å². The van der Waals surface area contributed by atoms with E-state index >= 15 is 0 Å². The first-order valence-electron chi connectivity index (χ1n) is 11.0. The van der Waals surface area contributed by atoms with Crippen molar-refractivity contribution in [3.05, 3.63) is 45.6 Å². The van der Waals surface area contributed by atoms with Crippen LogP contribution in [0.1, 0.15) is 29.8 Å².